The number of likely N-dealkylation sites (N-methyl/N-ethyl adjacent to an activating group) is 1. The molecule has 1 aromatic carbocycles. The lowest BCUT2D eigenvalue weighted by Gasteiger charge is -2.37. The maximum atomic E-state index is 13.9. The van der Waals surface area contributed by atoms with E-state index >= 15 is 0 Å². The molecule has 7 nitrogen and oxygen atoms in total. The Bertz CT molecular complexity index is 1010. The number of aromatic amines is 1. The van der Waals surface area contributed by atoms with Crippen LogP contribution >= 0.6 is 0 Å². The predicted octanol–water partition coefficient (Wildman–Crippen LogP) is 2.27. The fourth-order valence-electron chi connectivity index (χ4n) is 5.27. The van der Waals surface area contributed by atoms with Crippen LogP contribution in [0.15, 0.2) is 24.4 Å². The third kappa shape index (κ3) is 4.04. The summed E-state index contributed by atoms with van der Waals surface area (Å²) in [6.07, 6.45) is 3.05. The Kier molecular flexibility index (Phi) is 6.07. The molecule has 0 radical (unpaired) electrons. The summed E-state index contributed by atoms with van der Waals surface area (Å²) >= 11 is 0. The number of carbonyl (C=O) groups is 2. The number of aromatic nitrogens is 1. The summed E-state index contributed by atoms with van der Waals surface area (Å²) in [7, 11) is 1.75. The zero-order valence-corrected chi connectivity index (χ0v) is 20.1. The first-order valence-corrected chi connectivity index (χ1v) is 11.7. The fraction of sp³-hybridized carbons (Fsp3) is 0.600. The van der Waals surface area contributed by atoms with Gasteiger partial charge in [0.05, 0.1) is 12.1 Å². The number of likely N-dealkylation sites (tertiary alicyclic amines) is 1. The highest BCUT2D eigenvalue weighted by molar-refractivity contribution is 5.91. The molecule has 2 saturated heterocycles. The Balaban J connectivity index is 1.62. The van der Waals surface area contributed by atoms with Crippen LogP contribution < -0.4 is 16.0 Å². The van der Waals surface area contributed by atoms with Crippen molar-refractivity contribution in [3.05, 3.63) is 35.5 Å². The van der Waals surface area contributed by atoms with Gasteiger partial charge in [-0.15, -0.1) is 0 Å². The number of fused-ring (bicyclic) bond motifs is 2. The van der Waals surface area contributed by atoms with E-state index in [1.54, 1.807) is 14.0 Å². The molecule has 32 heavy (non-hydrogen) atoms. The maximum absolute atomic E-state index is 13.9. The zero-order chi connectivity index (χ0) is 23.2. The normalized spacial score (nSPS) is 25.1. The largest absolute Gasteiger partial charge is 0.361 e. The number of nitrogens with one attached hydrogen (secondary N) is 4. The van der Waals surface area contributed by atoms with Crippen molar-refractivity contribution in [1.29, 1.82) is 0 Å². The van der Waals surface area contributed by atoms with E-state index < -0.39 is 11.5 Å². The number of hydrogen-bond donors (Lipinski definition) is 4. The van der Waals surface area contributed by atoms with Crippen LogP contribution in [0.2, 0.25) is 0 Å². The molecule has 5 atom stereocenters. The molecule has 0 saturated carbocycles. The number of benzene rings is 1. The van der Waals surface area contributed by atoms with Crippen molar-refractivity contribution in [3.63, 3.8) is 0 Å². The number of aryl methyl sites for hydroxylation is 1. The second-order valence-corrected chi connectivity index (χ2v) is 10.5. The molecule has 0 aliphatic carbocycles. The van der Waals surface area contributed by atoms with Crippen molar-refractivity contribution in [2.24, 2.45) is 5.41 Å². The minimum Gasteiger partial charge on any atom is -0.361 e. The fourth-order valence-corrected chi connectivity index (χ4v) is 5.27. The molecular formula is C25H37N5O2. The number of amides is 2. The SMILES string of the molecule is CN[C@@H](C)C(=O)N[C@H](C(=O)N1CC[C@H]2NC[C@H](c3c[nH]c4cc(C)ccc34)[C@H]21)C(C)(C)C. The summed E-state index contributed by atoms with van der Waals surface area (Å²) in [5, 5.41) is 10.9. The molecule has 4 rings (SSSR count). The highest BCUT2D eigenvalue weighted by Gasteiger charge is 2.49. The number of hydrogen-bond acceptors (Lipinski definition) is 4. The van der Waals surface area contributed by atoms with Gasteiger partial charge in [0, 0.05) is 42.1 Å². The van der Waals surface area contributed by atoms with Gasteiger partial charge < -0.3 is 25.8 Å². The van der Waals surface area contributed by atoms with E-state index in [-0.39, 0.29) is 35.9 Å². The van der Waals surface area contributed by atoms with Gasteiger partial charge >= 0.3 is 0 Å². The van der Waals surface area contributed by atoms with E-state index in [2.05, 4.69) is 52.3 Å². The lowest BCUT2D eigenvalue weighted by molar-refractivity contribution is -0.140. The van der Waals surface area contributed by atoms with Crippen LogP contribution in [0.1, 0.15) is 51.2 Å². The van der Waals surface area contributed by atoms with Crippen LogP contribution in [0.4, 0.5) is 0 Å². The van der Waals surface area contributed by atoms with Gasteiger partial charge in [-0.3, -0.25) is 9.59 Å². The summed E-state index contributed by atoms with van der Waals surface area (Å²) in [5.41, 5.74) is 3.24. The van der Waals surface area contributed by atoms with Gasteiger partial charge in [0.2, 0.25) is 11.8 Å². The number of H-pyrrole nitrogens is 1. The van der Waals surface area contributed by atoms with E-state index in [1.807, 2.05) is 25.7 Å². The third-order valence-electron chi connectivity index (χ3n) is 7.24. The van der Waals surface area contributed by atoms with Gasteiger partial charge in [-0.05, 0) is 49.9 Å². The van der Waals surface area contributed by atoms with Crippen LogP contribution in [0, 0.1) is 12.3 Å². The minimum absolute atomic E-state index is 0.0195. The molecule has 2 aromatic rings. The highest BCUT2D eigenvalue weighted by atomic mass is 16.2. The van der Waals surface area contributed by atoms with E-state index in [0.717, 1.165) is 18.5 Å². The molecule has 2 aliphatic heterocycles. The van der Waals surface area contributed by atoms with Crippen LogP contribution in [0.5, 0.6) is 0 Å². The number of rotatable bonds is 5. The van der Waals surface area contributed by atoms with Gasteiger partial charge in [-0.25, -0.2) is 0 Å². The van der Waals surface area contributed by atoms with Crippen LogP contribution in [-0.4, -0.2) is 66.0 Å². The lowest BCUT2D eigenvalue weighted by atomic mass is 9.84. The van der Waals surface area contributed by atoms with Gasteiger partial charge in [-0.2, -0.15) is 0 Å². The van der Waals surface area contributed by atoms with Crippen LogP contribution in [0.25, 0.3) is 10.9 Å². The van der Waals surface area contributed by atoms with Crippen molar-refractivity contribution in [2.45, 2.75) is 71.1 Å². The monoisotopic (exact) mass is 439 g/mol. The van der Waals surface area contributed by atoms with Crippen molar-refractivity contribution in [1.82, 2.24) is 25.8 Å². The second kappa shape index (κ2) is 8.52. The quantitative estimate of drug-likeness (QED) is 0.575. The zero-order valence-electron chi connectivity index (χ0n) is 20.1. The Morgan fingerprint density at radius 2 is 2.00 bits per heavy atom. The highest BCUT2D eigenvalue weighted by Crippen LogP contribution is 2.39. The van der Waals surface area contributed by atoms with Crippen LogP contribution in [-0.2, 0) is 9.59 Å². The Hall–Kier alpha value is -2.38. The molecular weight excluding hydrogens is 402 g/mol. The van der Waals surface area contributed by atoms with Crippen molar-refractivity contribution in [2.75, 3.05) is 20.1 Å². The first-order valence-electron chi connectivity index (χ1n) is 11.7. The maximum Gasteiger partial charge on any atom is 0.246 e. The molecule has 7 heteroatoms. The molecule has 0 unspecified atom stereocenters. The summed E-state index contributed by atoms with van der Waals surface area (Å²) in [6, 6.07) is 5.95. The Labute approximate surface area is 190 Å². The van der Waals surface area contributed by atoms with E-state index in [4.69, 9.17) is 0 Å². The molecule has 3 heterocycles. The summed E-state index contributed by atoms with van der Waals surface area (Å²) in [6.45, 7) is 11.5. The molecule has 2 aliphatic rings. The minimum atomic E-state index is -0.573. The first-order chi connectivity index (χ1) is 15.1. The molecule has 0 bridgehead atoms. The van der Waals surface area contributed by atoms with Gasteiger partial charge in [0.1, 0.15) is 6.04 Å². The lowest BCUT2D eigenvalue weighted by Crippen LogP contribution is -2.58. The standard InChI is InChI=1S/C25H37N5O2/c1-14-7-8-16-17(12-28-20(16)11-14)18-13-27-19-9-10-30(21(18)19)24(32)22(25(3,4)5)29-23(31)15(2)26-6/h7-8,11-12,15,18-19,21-22,26-28H,9-10,13H2,1-6H3,(H,29,31)/t15-,18+,19+,21+,22+/m0/s1. The van der Waals surface area contributed by atoms with E-state index in [1.165, 1.54) is 16.5 Å². The molecule has 174 valence electrons. The van der Waals surface area contributed by atoms with Crippen LogP contribution in [0.3, 0.4) is 0 Å². The third-order valence-corrected chi connectivity index (χ3v) is 7.24. The summed E-state index contributed by atoms with van der Waals surface area (Å²) in [4.78, 5) is 32.0. The average molecular weight is 440 g/mol. The number of nitrogens with zero attached hydrogens (tertiary/aromatic N) is 1. The molecule has 1 aromatic heterocycles. The second-order valence-electron chi connectivity index (χ2n) is 10.5. The van der Waals surface area contributed by atoms with Gasteiger partial charge in [0.25, 0.3) is 0 Å². The number of carbonyl (C=O) groups excluding carboxylic acids is 2. The van der Waals surface area contributed by atoms with Gasteiger partial charge in [-0.1, -0.05) is 32.9 Å². The van der Waals surface area contributed by atoms with E-state index in [9.17, 15) is 9.59 Å². The smallest absolute Gasteiger partial charge is 0.246 e. The van der Waals surface area contributed by atoms with E-state index in [0.29, 0.717) is 6.54 Å². The molecule has 2 fully saturated rings. The topological polar surface area (TPSA) is 89.3 Å². The average Bonchev–Trinajstić information content (AvgIpc) is 3.44. The van der Waals surface area contributed by atoms with Gasteiger partial charge in [0.15, 0.2) is 0 Å². The van der Waals surface area contributed by atoms with Crippen molar-refractivity contribution in [3.8, 4) is 0 Å². The Morgan fingerprint density at radius 1 is 1.25 bits per heavy atom. The van der Waals surface area contributed by atoms with Crippen molar-refractivity contribution < 1.29 is 9.59 Å². The first kappa shape index (κ1) is 22.8. The summed E-state index contributed by atoms with van der Waals surface area (Å²) < 4.78 is 0. The predicted molar refractivity (Wildman–Crippen MR) is 128 cm³/mol. The van der Waals surface area contributed by atoms with Crippen molar-refractivity contribution >= 4 is 22.7 Å². The summed E-state index contributed by atoms with van der Waals surface area (Å²) in [5.74, 6) is 0.0890. The molecule has 2 amide bonds. The Morgan fingerprint density at radius 3 is 2.69 bits per heavy atom. The molecule has 0 spiro atoms. The molecule has 4 N–H and O–H groups in total.